The highest BCUT2D eigenvalue weighted by molar-refractivity contribution is 7.99. The van der Waals surface area contributed by atoms with Crippen molar-refractivity contribution >= 4 is 29.1 Å². The first-order valence-electron chi connectivity index (χ1n) is 5.62. The van der Waals surface area contributed by atoms with E-state index in [1.165, 1.54) is 18.1 Å². The number of hydrogen-bond acceptors (Lipinski definition) is 8. The van der Waals surface area contributed by atoms with Crippen LogP contribution in [-0.4, -0.2) is 51.2 Å². The molecule has 3 N–H and O–H groups in total. The lowest BCUT2D eigenvalue weighted by atomic mass is 10.2. The van der Waals surface area contributed by atoms with Gasteiger partial charge in [0, 0.05) is 18.3 Å². The molecule has 1 aromatic heterocycles. The molecule has 0 radical (unpaired) electrons. The first-order chi connectivity index (χ1) is 9.04. The average Bonchev–Trinajstić information content (AvgIpc) is 2.39. The van der Waals surface area contributed by atoms with Crippen LogP contribution in [0.5, 0.6) is 0 Å². The number of hydrogen-bond donors (Lipinski definition) is 3. The molecule has 0 saturated heterocycles. The highest BCUT2D eigenvalue weighted by Crippen LogP contribution is 2.29. The molecule has 2 unspecified atom stereocenters. The Labute approximate surface area is 115 Å². The zero-order valence-corrected chi connectivity index (χ0v) is 11.8. The summed E-state index contributed by atoms with van der Waals surface area (Å²) in [7, 11) is 1.56. The topological polar surface area (TPSA) is 113 Å². The molecule has 0 aliphatic heterocycles. The predicted molar refractivity (Wildman–Crippen MR) is 75.7 cm³/mol. The molecule has 106 valence electrons. The van der Waals surface area contributed by atoms with Crippen LogP contribution < -0.4 is 10.6 Å². The third-order valence-corrected chi connectivity index (χ3v) is 3.81. The van der Waals surface area contributed by atoms with Gasteiger partial charge in [0.2, 0.25) is 11.6 Å². The molecule has 0 bridgehead atoms. The maximum Gasteiger partial charge on any atom is 0.353 e. The second-order valence-corrected chi connectivity index (χ2v) is 4.89. The molecule has 0 amide bonds. The molecular weight excluding hydrogens is 270 g/mol. The van der Waals surface area contributed by atoms with Crippen molar-refractivity contribution in [2.45, 2.75) is 18.2 Å². The Hall–Kier alpha value is -1.61. The molecule has 0 fully saturated rings. The minimum absolute atomic E-state index is 0.0207. The van der Waals surface area contributed by atoms with Crippen LogP contribution in [0.25, 0.3) is 0 Å². The van der Waals surface area contributed by atoms with Crippen molar-refractivity contribution < 1.29 is 10.0 Å². The third kappa shape index (κ3) is 3.67. The third-order valence-electron chi connectivity index (χ3n) is 2.65. The number of thioether (sulfide) groups is 1. The van der Waals surface area contributed by atoms with Crippen molar-refractivity contribution in [1.29, 1.82) is 0 Å². The van der Waals surface area contributed by atoms with Crippen LogP contribution in [0.1, 0.15) is 6.92 Å². The normalized spacial score (nSPS) is 13.7. The number of aliphatic hydroxyl groups is 1. The van der Waals surface area contributed by atoms with E-state index in [1.54, 1.807) is 7.05 Å². The maximum atomic E-state index is 11.1. The van der Waals surface area contributed by atoms with Crippen LogP contribution in [0.2, 0.25) is 0 Å². The fraction of sp³-hybridized carbons (Fsp3) is 0.600. The molecule has 1 rings (SSSR count). The lowest BCUT2D eigenvalue weighted by molar-refractivity contribution is -0.383. The molecule has 1 aromatic rings. The number of nitrogens with zero attached hydrogens (tertiary/aromatic N) is 3. The van der Waals surface area contributed by atoms with Crippen molar-refractivity contribution in [2.24, 2.45) is 0 Å². The molecule has 0 aromatic carbocycles. The van der Waals surface area contributed by atoms with E-state index in [0.29, 0.717) is 0 Å². The second kappa shape index (κ2) is 7.10. The molecular formula is C10H17N5O3S. The quantitative estimate of drug-likeness (QED) is 0.502. The van der Waals surface area contributed by atoms with E-state index in [-0.39, 0.29) is 35.2 Å². The summed E-state index contributed by atoms with van der Waals surface area (Å²) in [5.41, 5.74) is -0.199. The molecule has 1 heterocycles. The minimum atomic E-state index is -0.534. The Kier molecular flexibility index (Phi) is 5.77. The smallest absolute Gasteiger partial charge is 0.353 e. The van der Waals surface area contributed by atoms with Gasteiger partial charge in [-0.2, -0.15) is 11.8 Å². The van der Waals surface area contributed by atoms with Gasteiger partial charge < -0.3 is 15.7 Å². The second-order valence-electron chi connectivity index (χ2n) is 3.82. The largest absolute Gasteiger partial charge is 0.395 e. The molecule has 8 nitrogen and oxygen atoms in total. The minimum Gasteiger partial charge on any atom is -0.395 e. The van der Waals surface area contributed by atoms with Gasteiger partial charge in [0.15, 0.2) is 0 Å². The number of rotatable bonds is 7. The van der Waals surface area contributed by atoms with Gasteiger partial charge in [0.25, 0.3) is 0 Å². The van der Waals surface area contributed by atoms with Crippen LogP contribution in [-0.2, 0) is 0 Å². The van der Waals surface area contributed by atoms with Gasteiger partial charge in [-0.3, -0.25) is 10.1 Å². The van der Waals surface area contributed by atoms with Crippen LogP contribution in [0, 0.1) is 10.1 Å². The van der Waals surface area contributed by atoms with Gasteiger partial charge in [-0.05, 0) is 13.2 Å². The van der Waals surface area contributed by atoms with Crippen LogP contribution in [0.3, 0.4) is 0 Å². The Morgan fingerprint density at radius 3 is 2.63 bits per heavy atom. The predicted octanol–water partition coefficient (Wildman–Crippen LogP) is 0.951. The summed E-state index contributed by atoms with van der Waals surface area (Å²) in [5, 5.41) is 25.8. The van der Waals surface area contributed by atoms with E-state index >= 15 is 0 Å². The molecule has 0 saturated carbocycles. The van der Waals surface area contributed by atoms with Crippen LogP contribution in [0.4, 0.5) is 17.3 Å². The van der Waals surface area contributed by atoms with Crippen molar-refractivity contribution in [3.05, 3.63) is 16.4 Å². The highest BCUT2D eigenvalue weighted by Gasteiger charge is 2.25. The zero-order valence-electron chi connectivity index (χ0n) is 11.0. The first-order valence-corrected chi connectivity index (χ1v) is 6.91. The number of aromatic nitrogens is 2. The SMILES string of the molecule is CNc1ncnc(NC(C)C(CO)SC)c1[N+](=O)[O-]. The van der Waals surface area contributed by atoms with E-state index in [9.17, 15) is 15.2 Å². The summed E-state index contributed by atoms with van der Waals surface area (Å²) < 4.78 is 0. The highest BCUT2D eigenvalue weighted by atomic mass is 32.2. The summed E-state index contributed by atoms with van der Waals surface area (Å²) in [6, 6.07) is -0.168. The molecule has 2 atom stereocenters. The Bertz CT molecular complexity index is 441. The van der Waals surface area contributed by atoms with Crippen molar-refractivity contribution in [3.8, 4) is 0 Å². The summed E-state index contributed by atoms with van der Waals surface area (Å²) in [4.78, 5) is 18.3. The van der Waals surface area contributed by atoms with Crippen LogP contribution in [0.15, 0.2) is 6.33 Å². The van der Waals surface area contributed by atoms with E-state index in [1.807, 2.05) is 13.2 Å². The van der Waals surface area contributed by atoms with Gasteiger partial charge in [0.1, 0.15) is 6.33 Å². The molecule has 0 aliphatic rings. The number of aliphatic hydroxyl groups excluding tert-OH is 1. The molecule has 0 spiro atoms. The summed E-state index contributed by atoms with van der Waals surface area (Å²) >= 11 is 1.48. The molecule has 9 heteroatoms. The number of nitrogens with one attached hydrogen (secondary N) is 2. The average molecular weight is 287 g/mol. The molecule has 0 aliphatic carbocycles. The summed E-state index contributed by atoms with van der Waals surface area (Å²) in [6.45, 7) is 1.81. The Morgan fingerprint density at radius 1 is 1.53 bits per heavy atom. The standard InChI is InChI=1S/C10H17N5O3S/c1-6(7(4-16)19-3)14-10-8(15(17)18)9(11-2)12-5-13-10/h5-7,16H,4H2,1-3H3,(H2,11,12,13,14). The van der Waals surface area contributed by atoms with Crippen LogP contribution >= 0.6 is 11.8 Å². The number of anilines is 2. The van der Waals surface area contributed by atoms with E-state index < -0.39 is 4.92 Å². The summed E-state index contributed by atoms with van der Waals surface area (Å²) in [5.74, 6) is 0.295. The van der Waals surface area contributed by atoms with E-state index in [0.717, 1.165) is 0 Å². The Morgan fingerprint density at radius 2 is 2.16 bits per heavy atom. The lowest BCUT2D eigenvalue weighted by Crippen LogP contribution is -2.31. The van der Waals surface area contributed by atoms with Crippen molar-refractivity contribution in [3.63, 3.8) is 0 Å². The summed E-state index contributed by atoms with van der Waals surface area (Å²) in [6.07, 6.45) is 3.12. The van der Waals surface area contributed by atoms with Crippen molar-refractivity contribution in [2.75, 3.05) is 30.5 Å². The van der Waals surface area contributed by atoms with Gasteiger partial charge in [-0.15, -0.1) is 0 Å². The fourth-order valence-electron chi connectivity index (χ4n) is 1.59. The van der Waals surface area contributed by atoms with Gasteiger partial charge in [-0.25, -0.2) is 9.97 Å². The van der Waals surface area contributed by atoms with Gasteiger partial charge in [-0.1, -0.05) is 0 Å². The number of nitro groups is 1. The van der Waals surface area contributed by atoms with Gasteiger partial charge in [0.05, 0.1) is 11.5 Å². The van der Waals surface area contributed by atoms with Gasteiger partial charge >= 0.3 is 5.69 Å². The van der Waals surface area contributed by atoms with E-state index in [4.69, 9.17) is 0 Å². The Balaban J connectivity index is 3.03. The monoisotopic (exact) mass is 287 g/mol. The van der Waals surface area contributed by atoms with Crippen molar-refractivity contribution in [1.82, 2.24) is 9.97 Å². The molecule has 19 heavy (non-hydrogen) atoms. The lowest BCUT2D eigenvalue weighted by Gasteiger charge is -2.21. The first kappa shape index (κ1) is 15.4. The zero-order chi connectivity index (χ0) is 14.4. The maximum absolute atomic E-state index is 11.1. The fourth-order valence-corrected chi connectivity index (χ4v) is 2.21. The van der Waals surface area contributed by atoms with E-state index in [2.05, 4.69) is 20.6 Å².